The van der Waals surface area contributed by atoms with Crippen molar-refractivity contribution in [3.63, 3.8) is 0 Å². The second kappa shape index (κ2) is 7.00. The van der Waals surface area contributed by atoms with Crippen LogP contribution in [0.3, 0.4) is 0 Å². The Hall–Kier alpha value is -0.570. The van der Waals surface area contributed by atoms with Gasteiger partial charge in [-0.3, -0.25) is 4.79 Å². The van der Waals surface area contributed by atoms with Crippen molar-refractivity contribution in [3.8, 4) is 0 Å². The number of carbonyl (C=O) groups is 1. The van der Waals surface area contributed by atoms with Gasteiger partial charge in [0.1, 0.15) is 0 Å². The summed E-state index contributed by atoms with van der Waals surface area (Å²) in [6, 6.07) is 0.636. The molecule has 0 aromatic rings. The maximum absolute atomic E-state index is 11.6. The Bertz CT molecular complexity index is 238. The molecule has 3 heteroatoms. The van der Waals surface area contributed by atoms with Gasteiger partial charge in [0.2, 0.25) is 5.91 Å². The third kappa shape index (κ3) is 5.53. The van der Waals surface area contributed by atoms with Crippen LogP contribution in [0, 0.1) is 11.8 Å². The molecule has 1 heterocycles. The number of hydrogen-bond donors (Lipinski definition) is 1. The van der Waals surface area contributed by atoms with E-state index in [-0.39, 0.29) is 5.91 Å². The van der Waals surface area contributed by atoms with Crippen LogP contribution >= 0.6 is 0 Å². The van der Waals surface area contributed by atoms with Crippen molar-refractivity contribution in [2.24, 2.45) is 11.8 Å². The number of hydrogen-bond acceptors (Lipinski definition) is 2. The average Bonchev–Trinajstić information content (AvgIpc) is 2.72. The highest BCUT2D eigenvalue weighted by Gasteiger charge is 2.24. The van der Waals surface area contributed by atoms with Crippen molar-refractivity contribution >= 4 is 5.91 Å². The van der Waals surface area contributed by atoms with Gasteiger partial charge in [-0.2, -0.15) is 0 Å². The fourth-order valence-electron chi connectivity index (χ4n) is 2.26. The SMILES string of the molecule is CC(C)CCC(=O)NCC1CCN(C(C)C)C1. The molecule has 0 aromatic heterocycles. The molecule has 1 unspecified atom stereocenters. The largest absolute Gasteiger partial charge is 0.356 e. The van der Waals surface area contributed by atoms with Crippen LogP contribution in [-0.2, 0) is 4.79 Å². The molecule has 1 atom stereocenters. The second-order valence-electron chi connectivity index (χ2n) is 5.98. The molecule has 0 saturated carbocycles. The predicted molar refractivity (Wildman–Crippen MR) is 71.9 cm³/mol. The van der Waals surface area contributed by atoms with Gasteiger partial charge >= 0.3 is 0 Å². The Morgan fingerprint density at radius 1 is 1.35 bits per heavy atom. The predicted octanol–water partition coefficient (Wildman–Crippen LogP) is 2.27. The first-order valence-electron chi connectivity index (χ1n) is 6.99. The molecule has 1 saturated heterocycles. The van der Waals surface area contributed by atoms with E-state index in [2.05, 4.69) is 37.9 Å². The molecule has 0 bridgehead atoms. The summed E-state index contributed by atoms with van der Waals surface area (Å²) >= 11 is 0. The van der Waals surface area contributed by atoms with Gasteiger partial charge in [0.15, 0.2) is 0 Å². The first-order chi connectivity index (χ1) is 7.99. The van der Waals surface area contributed by atoms with E-state index in [9.17, 15) is 4.79 Å². The lowest BCUT2D eigenvalue weighted by Gasteiger charge is -2.20. The van der Waals surface area contributed by atoms with Gasteiger partial charge in [-0.1, -0.05) is 13.8 Å². The summed E-state index contributed by atoms with van der Waals surface area (Å²) < 4.78 is 0. The van der Waals surface area contributed by atoms with E-state index in [4.69, 9.17) is 0 Å². The Balaban J connectivity index is 2.13. The molecule has 17 heavy (non-hydrogen) atoms. The third-order valence-corrected chi connectivity index (χ3v) is 3.58. The molecule has 1 rings (SSSR count). The van der Waals surface area contributed by atoms with Crippen LogP contribution in [0.25, 0.3) is 0 Å². The fourth-order valence-corrected chi connectivity index (χ4v) is 2.26. The van der Waals surface area contributed by atoms with Crippen molar-refractivity contribution in [2.45, 2.75) is 53.0 Å². The molecule has 3 nitrogen and oxygen atoms in total. The first-order valence-corrected chi connectivity index (χ1v) is 6.99. The molecule has 1 aliphatic heterocycles. The van der Waals surface area contributed by atoms with E-state index < -0.39 is 0 Å². The van der Waals surface area contributed by atoms with E-state index in [1.165, 1.54) is 13.0 Å². The molecular formula is C14H28N2O. The maximum atomic E-state index is 11.6. The number of nitrogens with zero attached hydrogens (tertiary/aromatic N) is 1. The van der Waals surface area contributed by atoms with Crippen LogP contribution in [0.15, 0.2) is 0 Å². The topological polar surface area (TPSA) is 32.3 Å². The molecule has 0 aromatic carbocycles. The third-order valence-electron chi connectivity index (χ3n) is 3.58. The zero-order chi connectivity index (χ0) is 12.8. The Morgan fingerprint density at radius 3 is 2.59 bits per heavy atom. The van der Waals surface area contributed by atoms with Gasteiger partial charge < -0.3 is 10.2 Å². The van der Waals surface area contributed by atoms with Crippen LogP contribution in [0.5, 0.6) is 0 Å². The van der Waals surface area contributed by atoms with E-state index >= 15 is 0 Å². The van der Waals surface area contributed by atoms with Crippen molar-refractivity contribution in [1.82, 2.24) is 10.2 Å². The molecule has 0 aliphatic carbocycles. The summed E-state index contributed by atoms with van der Waals surface area (Å²) in [4.78, 5) is 14.1. The monoisotopic (exact) mass is 240 g/mol. The van der Waals surface area contributed by atoms with E-state index in [1.807, 2.05) is 0 Å². The standard InChI is InChI=1S/C14H28N2O/c1-11(2)5-6-14(17)15-9-13-7-8-16(10-13)12(3)4/h11-13H,5-10H2,1-4H3,(H,15,17). The minimum Gasteiger partial charge on any atom is -0.356 e. The lowest BCUT2D eigenvalue weighted by Crippen LogP contribution is -2.32. The van der Waals surface area contributed by atoms with E-state index in [1.54, 1.807) is 0 Å². The van der Waals surface area contributed by atoms with Crippen LogP contribution in [-0.4, -0.2) is 36.5 Å². The lowest BCUT2D eigenvalue weighted by atomic mass is 10.1. The molecule has 0 spiro atoms. The zero-order valence-electron chi connectivity index (χ0n) is 11.8. The quantitative estimate of drug-likeness (QED) is 0.772. The second-order valence-corrected chi connectivity index (χ2v) is 5.98. The van der Waals surface area contributed by atoms with Gasteiger partial charge in [0.25, 0.3) is 0 Å². The van der Waals surface area contributed by atoms with Gasteiger partial charge in [-0.25, -0.2) is 0 Å². The molecular weight excluding hydrogens is 212 g/mol. The van der Waals surface area contributed by atoms with E-state index in [0.717, 1.165) is 19.5 Å². The van der Waals surface area contributed by atoms with Gasteiger partial charge in [0.05, 0.1) is 0 Å². The highest BCUT2D eigenvalue weighted by atomic mass is 16.1. The van der Waals surface area contributed by atoms with Gasteiger partial charge in [-0.05, 0) is 45.1 Å². The number of carbonyl (C=O) groups excluding carboxylic acids is 1. The summed E-state index contributed by atoms with van der Waals surface area (Å²) in [5.41, 5.74) is 0. The minimum absolute atomic E-state index is 0.224. The van der Waals surface area contributed by atoms with Crippen molar-refractivity contribution in [3.05, 3.63) is 0 Å². The first kappa shape index (κ1) is 14.5. The van der Waals surface area contributed by atoms with E-state index in [0.29, 0.717) is 24.3 Å². The number of nitrogens with one attached hydrogen (secondary N) is 1. The Morgan fingerprint density at radius 2 is 2.06 bits per heavy atom. The van der Waals surface area contributed by atoms with Crippen LogP contribution < -0.4 is 5.32 Å². The summed E-state index contributed by atoms with van der Waals surface area (Å²) in [6.45, 7) is 12.0. The number of amides is 1. The molecule has 1 N–H and O–H groups in total. The fraction of sp³-hybridized carbons (Fsp3) is 0.929. The molecule has 100 valence electrons. The molecule has 1 amide bonds. The lowest BCUT2D eigenvalue weighted by molar-refractivity contribution is -0.121. The Kier molecular flexibility index (Phi) is 5.96. The normalized spacial score (nSPS) is 21.4. The summed E-state index contributed by atoms with van der Waals surface area (Å²) in [5.74, 6) is 1.49. The summed E-state index contributed by atoms with van der Waals surface area (Å²) in [7, 11) is 0. The zero-order valence-corrected chi connectivity index (χ0v) is 11.8. The highest BCUT2D eigenvalue weighted by Crippen LogP contribution is 2.17. The van der Waals surface area contributed by atoms with Crippen LogP contribution in [0.2, 0.25) is 0 Å². The van der Waals surface area contributed by atoms with Crippen molar-refractivity contribution in [1.29, 1.82) is 0 Å². The maximum Gasteiger partial charge on any atom is 0.220 e. The van der Waals surface area contributed by atoms with Gasteiger partial charge in [-0.15, -0.1) is 0 Å². The highest BCUT2D eigenvalue weighted by molar-refractivity contribution is 5.75. The number of likely N-dealkylation sites (tertiary alicyclic amines) is 1. The van der Waals surface area contributed by atoms with Crippen LogP contribution in [0.4, 0.5) is 0 Å². The molecule has 1 aliphatic rings. The smallest absolute Gasteiger partial charge is 0.220 e. The molecule has 1 fully saturated rings. The molecule has 0 radical (unpaired) electrons. The average molecular weight is 240 g/mol. The summed E-state index contributed by atoms with van der Waals surface area (Å²) in [6.07, 6.45) is 2.90. The minimum atomic E-state index is 0.224. The van der Waals surface area contributed by atoms with Gasteiger partial charge in [0, 0.05) is 25.6 Å². The number of rotatable bonds is 6. The van der Waals surface area contributed by atoms with Crippen LogP contribution in [0.1, 0.15) is 47.0 Å². The summed E-state index contributed by atoms with van der Waals surface area (Å²) in [5, 5.41) is 3.07. The van der Waals surface area contributed by atoms with Crippen molar-refractivity contribution < 1.29 is 4.79 Å². The van der Waals surface area contributed by atoms with Crippen molar-refractivity contribution in [2.75, 3.05) is 19.6 Å². The Labute approximate surface area is 106 Å².